The molecule has 0 aliphatic carbocycles. The van der Waals surface area contributed by atoms with Gasteiger partial charge < -0.3 is 19.9 Å². The first-order chi connectivity index (χ1) is 11.2. The number of benzene rings is 1. The fourth-order valence-electron chi connectivity index (χ4n) is 1.71. The van der Waals surface area contributed by atoms with Crippen molar-refractivity contribution in [3.8, 4) is 5.75 Å². The minimum Gasteiger partial charge on any atom is -0.482 e. The summed E-state index contributed by atoms with van der Waals surface area (Å²) < 4.78 is 59.3. The van der Waals surface area contributed by atoms with Gasteiger partial charge in [0.2, 0.25) is 5.91 Å². The summed E-state index contributed by atoms with van der Waals surface area (Å²) in [4.78, 5) is 11.7. The maximum absolute atomic E-state index is 13.3. The first kappa shape index (κ1) is 17.6. The lowest BCUT2D eigenvalue weighted by Crippen LogP contribution is -2.23. The molecule has 0 fully saturated rings. The van der Waals surface area contributed by atoms with Crippen LogP contribution in [0.4, 0.5) is 29.1 Å². The van der Waals surface area contributed by atoms with Gasteiger partial charge in [-0.3, -0.25) is 4.79 Å². The van der Waals surface area contributed by atoms with E-state index in [2.05, 4.69) is 20.5 Å². The Labute approximate surface area is 133 Å². The van der Waals surface area contributed by atoms with Crippen molar-refractivity contribution in [2.24, 2.45) is 0 Å². The number of aromatic nitrogens is 1. The average molecular weight is 347 g/mol. The summed E-state index contributed by atoms with van der Waals surface area (Å²) in [5.74, 6) is -0.782. The number of anilines is 2. The smallest absolute Gasteiger partial charge is 0.422 e. The van der Waals surface area contributed by atoms with E-state index in [1.807, 2.05) is 0 Å². The van der Waals surface area contributed by atoms with Crippen LogP contribution in [-0.2, 0) is 4.79 Å². The number of nitrogens with one attached hydrogen (secondary N) is 2. The van der Waals surface area contributed by atoms with Gasteiger partial charge >= 0.3 is 6.18 Å². The second-order valence-corrected chi connectivity index (χ2v) is 4.77. The van der Waals surface area contributed by atoms with Gasteiger partial charge in [-0.25, -0.2) is 4.39 Å². The highest BCUT2D eigenvalue weighted by molar-refractivity contribution is 5.93. The normalized spacial score (nSPS) is 11.2. The number of alkyl halides is 3. The number of rotatable bonds is 6. The summed E-state index contributed by atoms with van der Waals surface area (Å²) in [6, 6.07) is 4.41. The zero-order valence-corrected chi connectivity index (χ0v) is 12.4. The minimum atomic E-state index is -4.53. The molecule has 0 saturated heterocycles. The van der Waals surface area contributed by atoms with E-state index < -0.39 is 24.5 Å². The number of amides is 1. The van der Waals surface area contributed by atoms with Gasteiger partial charge in [-0.1, -0.05) is 5.16 Å². The molecule has 1 heterocycles. The quantitative estimate of drug-likeness (QED) is 0.785. The van der Waals surface area contributed by atoms with Gasteiger partial charge in [0.25, 0.3) is 0 Å². The summed E-state index contributed by atoms with van der Waals surface area (Å²) in [7, 11) is 0. The highest BCUT2D eigenvalue weighted by Crippen LogP contribution is 2.27. The molecule has 0 aliphatic heterocycles. The van der Waals surface area contributed by atoms with Crippen LogP contribution in [0.5, 0.6) is 5.75 Å². The van der Waals surface area contributed by atoms with Crippen molar-refractivity contribution in [2.45, 2.75) is 13.1 Å². The molecule has 24 heavy (non-hydrogen) atoms. The number of hydrogen-bond donors (Lipinski definition) is 2. The van der Waals surface area contributed by atoms with Crippen molar-refractivity contribution >= 4 is 17.4 Å². The van der Waals surface area contributed by atoms with E-state index in [0.29, 0.717) is 5.76 Å². The minimum absolute atomic E-state index is 0.0780. The molecule has 2 aromatic rings. The van der Waals surface area contributed by atoms with E-state index in [4.69, 9.17) is 4.52 Å². The van der Waals surface area contributed by atoms with Crippen LogP contribution in [0.15, 0.2) is 28.8 Å². The van der Waals surface area contributed by atoms with Crippen molar-refractivity contribution in [1.29, 1.82) is 0 Å². The van der Waals surface area contributed by atoms with E-state index in [1.54, 1.807) is 6.92 Å². The Morgan fingerprint density at radius 3 is 2.71 bits per heavy atom. The molecule has 0 bridgehead atoms. The summed E-state index contributed by atoms with van der Waals surface area (Å²) in [6.07, 6.45) is -4.53. The topological polar surface area (TPSA) is 76.4 Å². The summed E-state index contributed by atoms with van der Waals surface area (Å²) in [6.45, 7) is -0.229. The van der Waals surface area contributed by atoms with Crippen LogP contribution >= 0.6 is 0 Å². The van der Waals surface area contributed by atoms with Crippen LogP contribution in [0.2, 0.25) is 0 Å². The molecule has 1 amide bonds. The maximum atomic E-state index is 13.3. The Morgan fingerprint density at radius 2 is 2.08 bits per heavy atom. The SMILES string of the molecule is Cc1cc(NC(=O)CNc2cc(F)ccc2OCC(F)(F)F)no1. The first-order valence-electron chi connectivity index (χ1n) is 6.69. The van der Waals surface area contributed by atoms with Gasteiger partial charge in [0.05, 0.1) is 12.2 Å². The lowest BCUT2D eigenvalue weighted by atomic mass is 10.2. The molecular weight excluding hydrogens is 334 g/mol. The van der Waals surface area contributed by atoms with Crippen LogP contribution in [0.25, 0.3) is 0 Å². The Hall–Kier alpha value is -2.78. The lowest BCUT2D eigenvalue weighted by Gasteiger charge is -2.14. The summed E-state index contributed by atoms with van der Waals surface area (Å²) >= 11 is 0. The second-order valence-electron chi connectivity index (χ2n) is 4.77. The van der Waals surface area contributed by atoms with Crippen LogP contribution in [0.3, 0.4) is 0 Å². The molecule has 10 heteroatoms. The number of hydrogen-bond acceptors (Lipinski definition) is 5. The Bertz CT molecular complexity index is 716. The van der Waals surface area contributed by atoms with E-state index >= 15 is 0 Å². The molecule has 0 unspecified atom stereocenters. The summed E-state index contributed by atoms with van der Waals surface area (Å²) in [5.41, 5.74) is -0.0780. The third kappa shape index (κ3) is 5.45. The third-order valence-electron chi connectivity index (χ3n) is 2.67. The highest BCUT2D eigenvalue weighted by Gasteiger charge is 2.28. The fourth-order valence-corrected chi connectivity index (χ4v) is 1.71. The van der Waals surface area contributed by atoms with Crippen LogP contribution in [0, 0.1) is 12.7 Å². The second kappa shape index (κ2) is 7.20. The molecule has 2 N–H and O–H groups in total. The van der Waals surface area contributed by atoms with E-state index in [9.17, 15) is 22.4 Å². The molecule has 0 saturated carbocycles. The molecule has 1 aromatic carbocycles. The molecule has 2 rings (SSSR count). The van der Waals surface area contributed by atoms with E-state index in [0.717, 1.165) is 18.2 Å². The highest BCUT2D eigenvalue weighted by atomic mass is 19.4. The fraction of sp³-hybridized carbons (Fsp3) is 0.286. The van der Waals surface area contributed by atoms with Crippen molar-refractivity contribution in [2.75, 3.05) is 23.8 Å². The number of ether oxygens (including phenoxy) is 1. The molecule has 0 atom stereocenters. The van der Waals surface area contributed by atoms with Gasteiger partial charge in [0.1, 0.15) is 17.3 Å². The van der Waals surface area contributed by atoms with Gasteiger partial charge in [-0.2, -0.15) is 13.2 Å². The predicted octanol–water partition coefficient (Wildman–Crippen LogP) is 3.11. The first-order valence-corrected chi connectivity index (χ1v) is 6.69. The van der Waals surface area contributed by atoms with Crippen molar-refractivity contribution in [1.82, 2.24) is 5.16 Å². The lowest BCUT2D eigenvalue weighted by molar-refractivity contribution is -0.153. The van der Waals surface area contributed by atoms with Gasteiger partial charge in [0, 0.05) is 12.1 Å². The Kier molecular flexibility index (Phi) is 5.27. The molecule has 130 valence electrons. The number of aryl methyl sites for hydroxylation is 1. The van der Waals surface area contributed by atoms with Crippen LogP contribution in [0.1, 0.15) is 5.76 Å². The van der Waals surface area contributed by atoms with Crippen molar-refractivity contribution < 1.29 is 31.6 Å². The molecule has 0 spiro atoms. The number of halogens is 4. The van der Waals surface area contributed by atoms with Gasteiger partial charge in [0.15, 0.2) is 12.4 Å². The van der Waals surface area contributed by atoms with Crippen LogP contribution < -0.4 is 15.4 Å². The molecular formula is C14H13F4N3O3. The molecule has 0 radical (unpaired) electrons. The monoisotopic (exact) mass is 347 g/mol. The molecule has 0 aliphatic rings. The van der Waals surface area contributed by atoms with Crippen molar-refractivity contribution in [3.05, 3.63) is 35.8 Å². The Morgan fingerprint density at radius 1 is 1.33 bits per heavy atom. The van der Waals surface area contributed by atoms with Gasteiger partial charge in [-0.05, 0) is 19.1 Å². The number of carbonyl (C=O) groups is 1. The predicted molar refractivity (Wildman–Crippen MR) is 76.3 cm³/mol. The van der Waals surface area contributed by atoms with Crippen molar-refractivity contribution in [3.63, 3.8) is 0 Å². The maximum Gasteiger partial charge on any atom is 0.422 e. The van der Waals surface area contributed by atoms with E-state index in [-0.39, 0.29) is 23.8 Å². The summed E-state index contributed by atoms with van der Waals surface area (Å²) in [5, 5.41) is 8.47. The largest absolute Gasteiger partial charge is 0.482 e. The molecule has 1 aromatic heterocycles. The van der Waals surface area contributed by atoms with Gasteiger partial charge in [-0.15, -0.1) is 0 Å². The van der Waals surface area contributed by atoms with E-state index in [1.165, 1.54) is 6.07 Å². The number of nitrogens with zero attached hydrogens (tertiary/aromatic N) is 1. The zero-order valence-electron chi connectivity index (χ0n) is 12.4. The molecule has 6 nitrogen and oxygen atoms in total. The zero-order chi connectivity index (χ0) is 17.7. The third-order valence-corrected chi connectivity index (χ3v) is 2.67. The van der Waals surface area contributed by atoms with Crippen LogP contribution in [-0.4, -0.2) is 30.4 Å². The average Bonchev–Trinajstić information content (AvgIpc) is 2.88. The standard InChI is InChI=1S/C14H13F4N3O3/c1-8-4-12(21-24-8)20-13(22)6-19-10-5-9(15)2-3-11(10)23-7-14(16,17)18/h2-5,19H,6-7H2,1H3,(H,20,21,22). The number of carbonyl (C=O) groups excluding carboxylic acids is 1. The Balaban J connectivity index is 1.97.